The Morgan fingerprint density at radius 1 is 1.22 bits per heavy atom. The zero-order valence-corrected chi connectivity index (χ0v) is 16.3. The molecule has 8 nitrogen and oxygen atoms in total. The van der Waals surface area contributed by atoms with Gasteiger partial charge in [-0.05, 0) is 49.8 Å². The van der Waals surface area contributed by atoms with Crippen LogP contribution in [0.15, 0.2) is 30.3 Å². The maximum atomic E-state index is 12.7. The van der Waals surface area contributed by atoms with Crippen molar-refractivity contribution in [3.8, 4) is 0 Å². The number of nitrogens with zero attached hydrogens (tertiary/aromatic N) is 3. The van der Waals surface area contributed by atoms with Gasteiger partial charge in [0, 0.05) is 38.0 Å². The number of nitrogens with one attached hydrogen (secondary N) is 3. The summed E-state index contributed by atoms with van der Waals surface area (Å²) in [6, 6.07) is 8.69. The van der Waals surface area contributed by atoms with Crippen molar-refractivity contribution in [2.24, 2.45) is 7.05 Å². The van der Waals surface area contributed by atoms with E-state index in [1.165, 1.54) is 6.92 Å². The van der Waals surface area contributed by atoms with Crippen molar-refractivity contribution >= 4 is 46.3 Å². The van der Waals surface area contributed by atoms with Crippen molar-refractivity contribution in [3.05, 3.63) is 36.0 Å². The van der Waals surface area contributed by atoms with Gasteiger partial charge in [-0.25, -0.2) is 0 Å². The van der Waals surface area contributed by atoms with Crippen LogP contribution >= 0.6 is 12.2 Å². The molecule has 3 N–H and O–H groups in total. The lowest BCUT2D eigenvalue weighted by molar-refractivity contribution is -0.118. The molecular weight excluding hydrogens is 364 g/mol. The molecule has 27 heavy (non-hydrogen) atoms. The lowest BCUT2D eigenvalue weighted by Gasteiger charge is -2.18. The van der Waals surface area contributed by atoms with Gasteiger partial charge in [0.05, 0.1) is 5.69 Å². The topological polar surface area (TPSA) is 91.3 Å². The Labute approximate surface area is 162 Å². The van der Waals surface area contributed by atoms with Crippen molar-refractivity contribution in [1.29, 1.82) is 0 Å². The molecule has 0 saturated carbocycles. The van der Waals surface area contributed by atoms with Gasteiger partial charge in [0.2, 0.25) is 5.91 Å². The number of hydrogen-bond acceptors (Lipinski definition) is 4. The summed E-state index contributed by atoms with van der Waals surface area (Å²) in [6.07, 6.45) is 0.659. The molecule has 2 heterocycles. The third-order valence-corrected chi connectivity index (χ3v) is 4.45. The van der Waals surface area contributed by atoms with E-state index in [4.69, 9.17) is 12.2 Å². The quantitative estimate of drug-likeness (QED) is 0.694. The predicted octanol–water partition coefficient (Wildman–Crippen LogP) is 1.78. The molecule has 1 fully saturated rings. The summed E-state index contributed by atoms with van der Waals surface area (Å²) in [6.45, 7) is 3.97. The Hall–Kier alpha value is -2.94. The Kier molecular flexibility index (Phi) is 5.41. The van der Waals surface area contributed by atoms with E-state index in [2.05, 4.69) is 21.0 Å². The molecule has 2 amide bonds. The Morgan fingerprint density at radius 2 is 1.85 bits per heavy atom. The van der Waals surface area contributed by atoms with Gasteiger partial charge in [-0.2, -0.15) is 5.10 Å². The van der Waals surface area contributed by atoms with Crippen LogP contribution in [0.3, 0.4) is 0 Å². The molecule has 0 bridgehead atoms. The van der Waals surface area contributed by atoms with E-state index in [1.54, 1.807) is 33.8 Å². The fourth-order valence-electron chi connectivity index (χ4n) is 3.06. The number of aryl methyl sites for hydroxylation is 2. The average molecular weight is 386 g/mol. The Bertz CT molecular complexity index is 876. The fourth-order valence-corrected chi connectivity index (χ4v) is 3.32. The first-order valence-electron chi connectivity index (χ1n) is 8.60. The summed E-state index contributed by atoms with van der Waals surface area (Å²) < 4.78 is 1.71. The van der Waals surface area contributed by atoms with E-state index < -0.39 is 0 Å². The molecule has 1 atom stereocenters. The van der Waals surface area contributed by atoms with Crippen molar-refractivity contribution < 1.29 is 9.59 Å². The van der Waals surface area contributed by atoms with Gasteiger partial charge < -0.3 is 16.0 Å². The SMILES string of the molecule is CC(=O)Nc1ccc(NC(=S)NC2CCN(c3cc(C)nn3C)C2=O)cc1. The third-order valence-electron chi connectivity index (χ3n) is 4.23. The lowest BCUT2D eigenvalue weighted by atomic mass is 10.2. The molecule has 1 aromatic carbocycles. The van der Waals surface area contributed by atoms with Gasteiger partial charge in [0.1, 0.15) is 11.9 Å². The first kappa shape index (κ1) is 18.8. The molecule has 0 aliphatic carbocycles. The zero-order chi connectivity index (χ0) is 19.6. The van der Waals surface area contributed by atoms with Crippen molar-refractivity contribution in [3.63, 3.8) is 0 Å². The molecule has 0 spiro atoms. The highest BCUT2D eigenvalue weighted by atomic mass is 32.1. The first-order valence-corrected chi connectivity index (χ1v) is 9.01. The summed E-state index contributed by atoms with van der Waals surface area (Å²) in [7, 11) is 1.83. The summed E-state index contributed by atoms with van der Waals surface area (Å²) >= 11 is 5.33. The molecule has 142 valence electrons. The van der Waals surface area contributed by atoms with Crippen molar-refractivity contribution in [2.45, 2.75) is 26.3 Å². The normalized spacial score (nSPS) is 16.3. The number of hydrogen-bond donors (Lipinski definition) is 3. The second kappa shape index (κ2) is 7.75. The van der Waals surface area contributed by atoms with Crippen LogP contribution in [-0.2, 0) is 16.6 Å². The smallest absolute Gasteiger partial charge is 0.250 e. The first-order chi connectivity index (χ1) is 12.8. The molecule has 2 aromatic rings. The minimum absolute atomic E-state index is 0.0249. The highest BCUT2D eigenvalue weighted by Crippen LogP contribution is 2.22. The molecule has 1 aliphatic rings. The van der Waals surface area contributed by atoms with Crippen LogP contribution in [0, 0.1) is 6.92 Å². The summed E-state index contributed by atoms with van der Waals surface area (Å²) in [5.41, 5.74) is 2.35. The van der Waals surface area contributed by atoms with Crippen LogP contribution in [0.5, 0.6) is 0 Å². The second-order valence-corrected chi connectivity index (χ2v) is 6.86. The Morgan fingerprint density at radius 3 is 2.41 bits per heavy atom. The van der Waals surface area contributed by atoms with E-state index in [-0.39, 0.29) is 17.9 Å². The van der Waals surface area contributed by atoms with Crippen LogP contribution in [-0.4, -0.2) is 39.3 Å². The summed E-state index contributed by atoms with van der Waals surface area (Å²) in [4.78, 5) is 25.5. The summed E-state index contributed by atoms with van der Waals surface area (Å²) in [5, 5.41) is 13.5. The highest BCUT2D eigenvalue weighted by molar-refractivity contribution is 7.80. The zero-order valence-electron chi connectivity index (χ0n) is 15.4. The van der Waals surface area contributed by atoms with Crippen molar-refractivity contribution in [2.75, 3.05) is 22.1 Å². The van der Waals surface area contributed by atoms with Crippen LogP contribution in [0.4, 0.5) is 17.2 Å². The standard InChI is InChI=1S/C18H22N6O2S/c1-11-10-16(23(3)22-11)24-9-8-15(17(24)26)21-18(27)20-14-6-4-13(5-7-14)19-12(2)25/h4-7,10,15H,8-9H2,1-3H3,(H,19,25)(H2,20,21,27). The average Bonchev–Trinajstić information content (AvgIpc) is 3.11. The van der Waals surface area contributed by atoms with Crippen molar-refractivity contribution in [1.82, 2.24) is 15.1 Å². The van der Waals surface area contributed by atoms with Crippen LogP contribution in [0.1, 0.15) is 19.0 Å². The molecule has 1 unspecified atom stereocenters. The number of benzene rings is 1. The van der Waals surface area contributed by atoms with Gasteiger partial charge in [0.15, 0.2) is 5.11 Å². The number of rotatable bonds is 4. The number of thiocarbonyl (C=S) groups is 1. The minimum atomic E-state index is -0.376. The maximum absolute atomic E-state index is 12.7. The van der Waals surface area contributed by atoms with E-state index in [9.17, 15) is 9.59 Å². The maximum Gasteiger partial charge on any atom is 0.250 e. The summed E-state index contributed by atoms with van der Waals surface area (Å²) in [5.74, 6) is 0.637. The number of anilines is 3. The monoisotopic (exact) mass is 386 g/mol. The van der Waals surface area contributed by atoms with E-state index >= 15 is 0 Å². The van der Waals surface area contributed by atoms with Crippen LogP contribution in [0.2, 0.25) is 0 Å². The van der Waals surface area contributed by atoms with E-state index in [1.807, 2.05) is 20.0 Å². The molecule has 1 aliphatic heterocycles. The number of carbonyl (C=O) groups is 2. The minimum Gasteiger partial charge on any atom is -0.351 e. The second-order valence-electron chi connectivity index (χ2n) is 6.46. The molecule has 3 rings (SSSR count). The Balaban J connectivity index is 1.57. The molecule has 0 radical (unpaired) electrons. The van der Waals surface area contributed by atoms with E-state index in [0.29, 0.717) is 23.8 Å². The van der Waals surface area contributed by atoms with Gasteiger partial charge in [-0.3, -0.25) is 19.2 Å². The number of amides is 2. The van der Waals surface area contributed by atoms with Gasteiger partial charge in [0.25, 0.3) is 5.91 Å². The van der Waals surface area contributed by atoms with Crippen LogP contribution in [0.25, 0.3) is 0 Å². The number of aromatic nitrogens is 2. The van der Waals surface area contributed by atoms with Gasteiger partial charge >= 0.3 is 0 Å². The highest BCUT2D eigenvalue weighted by Gasteiger charge is 2.34. The predicted molar refractivity (Wildman–Crippen MR) is 109 cm³/mol. The van der Waals surface area contributed by atoms with E-state index in [0.717, 1.165) is 17.2 Å². The third kappa shape index (κ3) is 4.43. The van der Waals surface area contributed by atoms with Gasteiger partial charge in [-0.1, -0.05) is 0 Å². The lowest BCUT2D eigenvalue weighted by Crippen LogP contribution is -2.43. The molecule has 9 heteroatoms. The molecule has 1 saturated heterocycles. The fraction of sp³-hybridized carbons (Fsp3) is 0.333. The molecule has 1 aromatic heterocycles. The number of carbonyl (C=O) groups excluding carboxylic acids is 2. The van der Waals surface area contributed by atoms with Gasteiger partial charge in [-0.15, -0.1) is 0 Å². The molecular formula is C18H22N6O2S. The van der Waals surface area contributed by atoms with Crippen LogP contribution < -0.4 is 20.9 Å². The largest absolute Gasteiger partial charge is 0.351 e.